The lowest BCUT2D eigenvalue weighted by Gasteiger charge is -2.20. The highest BCUT2D eigenvalue weighted by atomic mass is 35.5. The van der Waals surface area contributed by atoms with Crippen LogP contribution in [0.3, 0.4) is 0 Å². The van der Waals surface area contributed by atoms with E-state index in [1.165, 1.54) is 44.2 Å². The lowest BCUT2D eigenvalue weighted by Crippen LogP contribution is -2.27. The van der Waals surface area contributed by atoms with Crippen molar-refractivity contribution in [3.05, 3.63) is 58.1 Å². The van der Waals surface area contributed by atoms with Gasteiger partial charge >= 0.3 is 0 Å². The second-order valence-corrected chi connectivity index (χ2v) is 11.4. The minimum atomic E-state index is -3.95. The molecule has 0 radical (unpaired) electrons. The molecular weight excluding hydrogens is 452 g/mol. The Kier molecular flexibility index (Phi) is 8.30. The molecule has 1 amide bonds. The summed E-state index contributed by atoms with van der Waals surface area (Å²) in [6.07, 6.45) is 6.42. The molecule has 1 saturated carbocycles. The van der Waals surface area contributed by atoms with Gasteiger partial charge in [0.05, 0.1) is 10.7 Å². The zero-order chi connectivity index (χ0) is 22.4. The summed E-state index contributed by atoms with van der Waals surface area (Å²) in [5.41, 5.74) is 2.50. The van der Waals surface area contributed by atoms with E-state index in [1.54, 1.807) is 12.1 Å². The SMILES string of the molecule is Cc1ccc(C)c(NS(=O)(=O)c2cc(C(=O)NCCSC3CCCCC3)ccc2Cl)c1. The topological polar surface area (TPSA) is 75.3 Å². The van der Waals surface area contributed by atoms with E-state index in [4.69, 9.17) is 11.6 Å². The average Bonchev–Trinajstić information content (AvgIpc) is 2.74. The molecule has 0 unspecified atom stereocenters. The van der Waals surface area contributed by atoms with Crippen LogP contribution in [0.4, 0.5) is 5.69 Å². The summed E-state index contributed by atoms with van der Waals surface area (Å²) in [4.78, 5) is 12.5. The molecule has 2 aromatic carbocycles. The van der Waals surface area contributed by atoms with Crippen molar-refractivity contribution in [2.24, 2.45) is 0 Å². The highest BCUT2D eigenvalue weighted by molar-refractivity contribution is 7.99. The number of hydrogen-bond acceptors (Lipinski definition) is 4. The number of thioether (sulfide) groups is 1. The number of sulfonamides is 1. The van der Waals surface area contributed by atoms with Crippen molar-refractivity contribution < 1.29 is 13.2 Å². The lowest BCUT2D eigenvalue weighted by atomic mass is 10.0. The first kappa shape index (κ1) is 24.0. The maximum atomic E-state index is 13.0. The fourth-order valence-corrected chi connectivity index (χ4v) is 6.49. The number of aryl methyl sites for hydroxylation is 2. The van der Waals surface area contributed by atoms with Gasteiger partial charge in [-0.05, 0) is 62.1 Å². The normalized spacial score (nSPS) is 14.9. The van der Waals surface area contributed by atoms with Crippen LogP contribution in [0.5, 0.6) is 0 Å². The third-order valence-electron chi connectivity index (χ3n) is 5.41. The Labute approximate surface area is 194 Å². The van der Waals surface area contributed by atoms with Gasteiger partial charge in [-0.3, -0.25) is 9.52 Å². The van der Waals surface area contributed by atoms with Gasteiger partial charge in [0.2, 0.25) is 0 Å². The lowest BCUT2D eigenvalue weighted by molar-refractivity contribution is 0.0956. The Bertz CT molecular complexity index is 1040. The largest absolute Gasteiger partial charge is 0.351 e. The van der Waals surface area contributed by atoms with Crippen LogP contribution in [0.25, 0.3) is 0 Å². The number of carbonyl (C=O) groups is 1. The Morgan fingerprint density at radius 1 is 1.10 bits per heavy atom. The van der Waals surface area contributed by atoms with Crippen molar-refractivity contribution in [2.45, 2.75) is 56.1 Å². The number of rotatable bonds is 8. The first-order valence-corrected chi connectivity index (χ1v) is 13.5. The van der Waals surface area contributed by atoms with Crippen LogP contribution in [0.2, 0.25) is 5.02 Å². The highest BCUT2D eigenvalue weighted by Gasteiger charge is 2.21. The van der Waals surface area contributed by atoms with Gasteiger partial charge in [0.25, 0.3) is 15.9 Å². The number of anilines is 1. The minimum absolute atomic E-state index is 0.0715. The third kappa shape index (κ3) is 6.64. The molecule has 168 valence electrons. The molecule has 0 heterocycles. The molecular formula is C23H29ClN2O3S2. The summed E-state index contributed by atoms with van der Waals surface area (Å²) in [5.74, 6) is 0.549. The summed E-state index contributed by atoms with van der Waals surface area (Å²) < 4.78 is 28.5. The first-order chi connectivity index (χ1) is 14.8. The highest BCUT2D eigenvalue weighted by Crippen LogP contribution is 2.28. The van der Waals surface area contributed by atoms with E-state index in [0.29, 0.717) is 17.5 Å². The Hall–Kier alpha value is -1.70. The van der Waals surface area contributed by atoms with Gasteiger partial charge in [-0.1, -0.05) is 43.0 Å². The number of nitrogens with one attached hydrogen (secondary N) is 2. The van der Waals surface area contributed by atoms with Crippen LogP contribution in [-0.2, 0) is 10.0 Å². The molecule has 0 saturated heterocycles. The molecule has 3 rings (SSSR count). The van der Waals surface area contributed by atoms with Crippen LogP contribution in [0, 0.1) is 13.8 Å². The Balaban J connectivity index is 1.65. The van der Waals surface area contributed by atoms with Crippen LogP contribution in [0.15, 0.2) is 41.3 Å². The van der Waals surface area contributed by atoms with Gasteiger partial charge in [0, 0.05) is 23.1 Å². The fourth-order valence-electron chi connectivity index (χ4n) is 3.62. The van der Waals surface area contributed by atoms with Gasteiger partial charge in [-0.25, -0.2) is 8.42 Å². The predicted molar refractivity (Wildman–Crippen MR) is 130 cm³/mol. The molecule has 0 aromatic heterocycles. The number of halogens is 1. The zero-order valence-corrected chi connectivity index (χ0v) is 20.3. The van der Waals surface area contributed by atoms with Crippen molar-refractivity contribution in [2.75, 3.05) is 17.0 Å². The van der Waals surface area contributed by atoms with Gasteiger partial charge in [0.15, 0.2) is 0 Å². The molecule has 2 aromatic rings. The second-order valence-electron chi connectivity index (χ2n) is 7.96. The fraction of sp³-hybridized carbons (Fsp3) is 0.435. The quantitative estimate of drug-likeness (QED) is 0.485. The summed E-state index contributed by atoms with van der Waals surface area (Å²) in [5, 5.41) is 3.65. The van der Waals surface area contributed by atoms with Crippen LogP contribution >= 0.6 is 23.4 Å². The molecule has 31 heavy (non-hydrogen) atoms. The smallest absolute Gasteiger partial charge is 0.263 e. The molecule has 0 spiro atoms. The van der Waals surface area contributed by atoms with Crippen molar-refractivity contribution in [3.8, 4) is 0 Å². The minimum Gasteiger partial charge on any atom is -0.351 e. The molecule has 5 nitrogen and oxygen atoms in total. The van der Waals surface area contributed by atoms with E-state index in [1.807, 2.05) is 37.7 Å². The molecule has 0 atom stereocenters. The number of benzene rings is 2. The number of amides is 1. The maximum absolute atomic E-state index is 13.0. The molecule has 8 heteroatoms. The molecule has 0 aliphatic heterocycles. The predicted octanol–water partition coefficient (Wildman–Crippen LogP) is 5.55. The van der Waals surface area contributed by atoms with Crippen LogP contribution in [-0.4, -0.2) is 31.9 Å². The maximum Gasteiger partial charge on any atom is 0.263 e. The Morgan fingerprint density at radius 2 is 1.84 bits per heavy atom. The second kappa shape index (κ2) is 10.7. The Morgan fingerprint density at radius 3 is 2.58 bits per heavy atom. The van der Waals surface area contributed by atoms with Crippen LogP contribution in [0.1, 0.15) is 53.6 Å². The van der Waals surface area contributed by atoms with E-state index in [0.717, 1.165) is 16.9 Å². The molecule has 2 N–H and O–H groups in total. The molecule has 1 fully saturated rings. The van der Waals surface area contributed by atoms with Gasteiger partial charge in [0.1, 0.15) is 4.90 Å². The van der Waals surface area contributed by atoms with E-state index >= 15 is 0 Å². The number of hydrogen-bond donors (Lipinski definition) is 2. The third-order valence-corrected chi connectivity index (χ3v) is 8.64. The molecule has 0 bridgehead atoms. The summed E-state index contributed by atoms with van der Waals surface area (Å²) in [6, 6.07) is 9.86. The summed E-state index contributed by atoms with van der Waals surface area (Å²) >= 11 is 8.09. The van der Waals surface area contributed by atoms with Gasteiger partial charge in [-0.15, -0.1) is 0 Å². The van der Waals surface area contributed by atoms with Crippen LogP contribution < -0.4 is 10.0 Å². The van der Waals surface area contributed by atoms with Crippen molar-refractivity contribution in [3.63, 3.8) is 0 Å². The molecule has 1 aliphatic rings. The van der Waals surface area contributed by atoms with E-state index in [-0.39, 0.29) is 21.4 Å². The standard InChI is InChI=1S/C23H29ClN2O3S2/c1-16-8-9-17(2)21(14-16)26-31(28,29)22-15-18(10-11-20(22)24)23(27)25-12-13-30-19-6-4-3-5-7-19/h8-11,14-15,19,26H,3-7,12-13H2,1-2H3,(H,25,27). The van der Waals surface area contributed by atoms with Gasteiger partial charge < -0.3 is 5.32 Å². The summed E-state index contributed by atoms with van der Waals surface area (Å²) in [6.45, 7) is 4.27. The number of carbonyl (C=O) groups excluding carboxylic acids is 1. The summed E-state index contributed by atoms with van der Waals surface area (Å²) in [7, 11) is -3.95. The van der Waals surface area contributed by atoms with Crippen molar-refractivity contribution >= 4 is 45.0 Å². The van der Waals surface area contributed by atoms with E-state index in [2.05, 4.69) is 10.0 Å². The molecule has 1 aliphatic carbocycles. The monoisotopic (exact) mass is 480 g/mol. The van der Waals surface area contributed by atoms with Crippen molar-refractivity contribution in [1.29, 1.82) is 0 Å². The van der Waals surface area contributed by atoms with Crippen molar-refractivity contribution in [1.82, 2.24) is 5.32 Å². The van der Waals surface area contributed by atoms with E-state index in [9.17, 15) is 13.2 Å². The average molecular weight is 481 g/mol. The van der Waals surface area contributed by atoms with Gasteiger partial charge in [-0.2, -0.15) is 11.8 Å². The zero-order valence-electron chi connectivity index (χ0n) is 17.9. The first-order valence-electron chi connectivity index (χ1n) is 10.6. The van der Waals surface area contributed by atoms with E-state index < -0.39 is 10.0 Å².